The first-order chi connectivity index (χ1) is 11.6. The maximum atomic E-state index is 12.4. The summed E-state index contributed by atoms with van der Waals surface area (Å²) in [4.78, 5) is 12.4. The second kappa shape index (κ2) is 6.55. The molecular weight excluding hydrogens is 316 g/mol. The fourth-order valence-corrected chi connectivity index (χ4v) is 5.04. The van der Waals surface area contributed by atoms with Crippen molar-refractivity contribution in [2.75, 3.05) is 0 Å². The lowest BCUT2D eigenvalue weighted by Gasteiger charge is -2.45. The fourth-order valence-electron chi connectivity index (χ4n) is 5.04. The summed E-state index contributed by atoms with van der Waals surface area (Å²) in [6.07, 6.45) is 6.43. The maximum absolute atomic E-state index is 12.4. The molecular formula is C21H32O4. The Balaban J connectivity index is 1.81. The number of fused-ring (bicyclic) bond motifs is 1. The average molecular weight is 348 g/mol. The number of aliphatic hydroxyl groups is 2. The molecule has 1 heterocycles. The summed E-state index contributed by atoms with van der Waals surface area (Å²) < 4.78 is 6.31. The number of hydrogen-bond acceptors (Lipinski definition) is 4. The predicted molar refractivity (Wildman–Crippen MR) is 96.9 cm³/mol. The average Bonchev–Trinajstić information content (AvgIpc) is 2.86. The predicted octanol–water partition coefficient (Wildman–Crippen LogP) is 3.67. The van der Waals surface area contributed by atoms with E-state index < -0.39 is 11.7 Å². The molecule has 0 aromatic rings. The smallest absolute Gasteiger partial charge is 0.190 e. The molecule has 2 N–H and O–H groups in total. The molecule has 0 radical (unpaired) electrons. The molecule has 4 nitrogen and oxygen atoms in total. The molecule has 2 aliphatic carbocycles. The van der Waals surface area contributed by atoms with Crippen LogP contribution in [0.25, 0.3) is 0 Å². The van der Waals surface area contributed by atoms with E-state index in [0.29, 0.717) is 24.8 Å². The van der Waals surface area contributed by atoms with E-state index in [0.717, 1.165) is 31.4 Å². The molecule has 5 atom stereocenters. The summed E-state index contributed by atoms with van der Waals surface area (Å²) in [5.74, 6) is 0.864. The number of allylic oxidation sites excluding steroid dienone is 3. The zero-order valence-electron chi connectivity index (χ0n) is 16.0. The van der Waals surface area contributed by atoms with Gasteiger partial charge >= 0.3 is 0 Å². The summed E-state index contributed by atoms with van der Waals surface area (Å²) in [5, 5.41) is 21.1. The van der Waals surface area contributed by atoms with Crippen molar-refractivity contribution in [2.45, 2.75) is 89.9 Å². The number of carbonyl (C=O) groups excluding carboxylic acids is 1. The van der Waals surface area contributed by atoms with Gasteiger partial charge in [-0.2, -0.15) is 0 Å². The van der Waals surface area contributed by atoms with Crippen LogP contribution in [-0.2, 0) is 9.53 Å². The quantitative estimate of drug-likeness (QED) is 0.761. The summed E-state index contributed by atoms with van der Waals surface area (Å²) in [7, 11) is 0. The topological polar surface area (TPSA) is 66.8 Å². The number of rotatable bonds is 4. The first kappa shape index (κ1) is 18.7. The number of Topliss-reactive ketones (excluding diaryl/α,β-unsaturated/α-hetero) is 1. The van der Waals surface area contributed by atoms with Gasteiger partial charge in [-0.05, 0) is 72.1 Å². The highest BCUT2D eigenvalue weighted by atomic mass is 16.5. The molecule has 4 heteroatoms. The number of carbonyl (C=O) groups is 1. The standard InChI is InChI=1S/C21H32O4/c1-13(2)6-5-10-20(3,24)15-9-11-21(4)16(15)12-14-18(25-21)8-7-17(22)19(14)23/h6,15-17,22,24H,5,7-12H2,1-4H3/t15-,16-,17-,20?,21+/m0/s1. The molecule has 0 bridgehead atoms. The van der Waals surface area contributed by atoms with Crippen LogP contribution in [0, 0.1) is 11.8 Å². The van der Waals surface area contributed by atoms with Crippen LogP contribution >= 0.6 is 0 Å². The van der Waals surface area contributed by atoms with Crippen LogP contribution in [0.5, 0.6) is 0 Å². The fraction of sp³-hybridized carbons (Fsp3) is 0.762. The normalized spacial score (nSPS) is 37.0. The Labute approximate surface area is 151 Å². The van der Waals surface area contributed by atoms with E-state index in [9.17, 15) is 15.0 Å². The van der Waals surface area contributed by atoms with Crippen molar-refractivity contribution < 1.29 is 19.7 Å². The summed E-state index contributed by atoms with van der Waals surface area (Å²) >= 11 is 0. The van der Waals surface area contributed by atoms with E-state index in [-0.39, 0.29) is 23.2 Å². The van der Waals surface area contributed by atoms with Crippen LogP contribution in [0.2, 0.25) is 0 Å². The van der Waals surface area contributed by atoms with E-state index in [1.807, 2.05) is 6.92 Å². The molecule has 140 valence electrons. The largest absolute Gasteiger partial charge is 0.491 e. The monoisotopic (exact) mass is 348 g/mol. The van der Waals surface area contributed by atoms with Crippen molar-refractivity contribution in [3.63, 3.8) is 0 Å². The van der Waals surface area contributed by atoms with E-state index in [2.05, 4.69) is 26.8 Å². The minimum Gasteiger partial charge on any atom is -0.491 e. The molecule has 3 aliphatic rings. The first-order valence-corrected chi connectivity index (χ1v) is 9.63. The molecule has 1 saturated carbocycles. The van der Waals surface area contributed by atoms with E-state index in [4.69, 9.17) is 4.74 Å². The molecule has 0 aromatic heterocycles. The SMILES string of the molecule is CC(C)=CCCC(C)(O)[C@H]1CC[C@@]2(C)OC3=C(C[C@@H]12)C(=O)[C@@H](O)CC3. The van der Waals surface area contributed by atoms with Crippen molar-refractivity contribution in [1.29, 1.82) is 0 Å². The van der Waals surface area contributed by atoms with Crippen LogP contribution in [0.3, 0.4) is 0 Å². The lowest BCUT2D eigenvalue weighted by atomic mass is 9.70. The summed E-state index contributed by atoms with van der Waals surface area (Å²) in [6.45, 7) is 8.21. The Hall–Kier alpha value is -1.13. The van der Waals surface area contributed by atoms with Crippen LogP contribution in [-0.4, -0.2) is 33.3 Å². The number of ether oxygens (including phenoxy) is 1. The molecule has 0 saturated heterocycles. The van der Waals surface area contributed by atoms with Gasteiger partial charge in [0.15, 0.2) is 5.78 Å². The number of hydrogen-bond donors (Lipinski definition) is 2. The zero-order chi connectivity index (χ0) is 18.4. The van der Waals surface area contributed by atoms with E-state index in [1.165, 1.54) is 5.57 Å². The summed E-state index contributed by atoms with van der Waals surface area (Å²) in [6, 6.07) is 0. The van der Waals surface area contributed by atoms with Gasteiger partial charge in [-0.1, -0.05) is 11.6 Å². The molecule has 25 heavy (non-hydrogen) atoms. The molecule has 3 rings (SSSR count). The van der Waals surface area contributed by atoms with Crippen molar-refractivity contribution in [3.05, 3.63) is 23.0 Å². The van der Waals surface area contributed by atoms with Gasteiger partial charge in [0.2, 0.25) is 0 Å². The van der Waals surface area contributed by atoms with Gasteiger partial charge in [-0.25, -0.2) is 0 Å². The van der Waals surface area contributed by atoms with Crippen LogP contribution in [0.15, 0.2) is 23.0 Å². The third kappa shape index (κ3) is 3.43. The second-order valence-corrected chi connectivity index (χ2v) is 8.87. The van der Waals surface area contributed by atoms with Crippen molar-refractivity contribution in [3.8, 4) is 0 Å². The Kier molecular flexibility index (Phi) is 4.89. The highest BCUT2D eigenvalue weighted by molar-refractivity contribution is 6.00. The van der Waals surface area contributed by atoms with Gasteiger partial charge in [-0.15, -0.1) is 0 Å². The Morgan fingerprint density at radius 1 is 1.40 bits per heavy atom. The van der Waals surface area contributed by atoms with Gasteiger partial charge in [0.1, 0.15) is 17.5 Å². The molecule has 0 amide bonds. The third-order valence-electron chi connectivity index (χ3n) is 6.59. The lowest BCUT2D eigenvalue weighted by Crippen LogP contribution is -2.47. The molecule has 1 aliphatic heterocycles. The van der Waals surface area contributed by atoms with Crippen molar-refractivity contribution >= 4 is 5.78 Å². The van der Waals surface area contributed by atoms with E-state index in [1.54, 1.807) is 0 Å². The lowest BCUT2D eigenvalue weighted by molar-refractivity contribution is -0.130. The minimum absolute atomic E-state index is 0.115. The second-order valence-electron chi connectivity index (χ2n) is 8.87. The Bertz CT molecular complexity index is 611. The first-order valence-electron chi connectivity index (χ1n) is 9.63. The zero-order valence-corrected chi connectivity index (χ0v) is 16.0. The third-order valence-corrected chi connectivity index (χ3v) is 6.59. The number of ketones is 1. The van der Waals surface area contributed by atoms with Gasteiger partial charge < -0.3 is 14.9 Å². The summed E-state index contributed by atoms with van der Waals surface area (Å²) in [5.41, 5.74) is 0.872. The Morgan fingerprint density at radius 2 is 2.12 bits per heavy atom. The van der Waals surface area contributed by atoms with Crippen LogP contribution < -0.4 is 0 Å². The Morgan fingerprint density at radius 3 is 2.80 bits per heavy atom. The number of aliphatic hydroxyl groups excluding tert-OH is 1. The van der Waals surface area contributed by atoms with Crippen LogP contribution in [0.4, 0.5) is 0 Å². The molecule has 0 aromatic carbocycles. The van der Waals surface area contributed by atoms with Crippen molar-refractivity contribution in [2.24, 2.45) is 11.8 Å². The van der Waals surface area contributed by atoms with Gasteiger partial charge in [0.25, 0.3) is 0 Å². The van der Waals surface area contributed by atoms with Gasteiger partial charge in [0, 0.05) is 17.9 Å². The van der Waals surface area contributed by atoms with Crippen LogP contribution in [0.1, 0.15) is 72.6 Å². The highest BCUT2D eigenvalue weighted by Gasteiger charge is 2.56. The molecule has 0 spiro atoms. The maximum Gasteiger partial charge on any atom is 0.190 e. The van der Waals surface area contributed by atoms with Crippen molar-refractivity contribution in [1.82, 2.24) is 0 Å². The molecule has 1 fully saturated rings. The van der Waals surface area contributed by atoms with Gasteiger partial charge in [-0.3, -0.25) is 4.79 Å². The van der Waals surface area contributed by atoms with E-state index >= 15 is 0 Å². The molecule has 1 unspecified atom stereocenters. The highest BCUT2D eigenvalue weighted by Crippen LogP contribution is 2.55. The van der Waals surface area contributed by atoms with Gasteiger partial charge in [0.05, 0.1) is 5.60 Å². The minimum atomic E-state index is -0.885.